The van der Waals surface area contributed by atoms with Crippen molar-refractivity contribution in [1.82, 2.24) is 4.98 Å². The van der Waals surface area contributed by atoms with Gasteiger partial charge >= 0.3 is 5.97 Å². The van der Waals surface area contributed by atoms with Gasteiger partial charge < -0.3 is 9.15 Å². The minimum Gasteiger partial charge on any atom is -0.441 e. The van der Waals surface area contributed by atoms with Crippen LogP contribution in [0.2, 0.25) is 0 Å². The van der Waals surface area contributed by atoms with Crippen LogP contribution in [0.25, 0.3) is 11.1 Å². The molecule has 3 aromatic rings. The van der Waals surface area contributed by atoms with Gasteiger partial charge in [0.25, 0.3) is 0 Å². The largest absolute Gasteiger partial charge is 0.441 e. The number of ether oxygens (including phenoxy) is 1. The van der Waals surface area contributed by atoms with Crippen LogP contribution in [0, 0.1) is 6.92 Å². The third kappa shape index (κ3) is 3.26. The lowest BCUT2D eigenvalue weighted by Crippen LogP contribution is -2.12. The Hall–Kier alpha value is -2.62. The molecule has 0 amide bonds. The number of esters is 1. The van der Waals surface area contributed by atoms with Crippen molar-refractivity contribution in [3.05, 3.63) is 59.5 Å². The molecule has 23 heavy (non-hydrogen) atoms. The Labute approximate surface area is 135 Å². The third-order valence-electron chi connectivity index (χ3n) is 3.66. The number of hydrogen-bond acceptors (Lipinski definition) is 4. The van der Waals surface area contributed by atoms with Crippen molar-refractivity contribution in [2.75, 3.05) is 0 Å². The van der Waals surface area contributed by atoms with Gasteiger partial charge in [0.2, 0.25) is 0 Å². The molecular formula is C19H19NO3. The molecule has 0 spiro atoms. The predicted octanol–water partition coefficient (Wildman–Crippen LogP) is 4.65. The summed E-state index contributed by atoms with van der Waals surface area (Å²) in [7, 11) is 0. The zero-order chi connectivity index (χ0) is 16.6. The Balaban J connectivity index is 1.79. The molecule has 0 bridgehead atoms. The van der Waals surface area contributed by atoms with Crippen LogP contribution in [0.3, 0.4) is 0 Å². The number of benzene rings is 2. The minimum absolute atomic E-state index is 0.0539. The van der Waals surface area contributed by atoms with E-state index in [1.807, 2.05) is 12.1 Å². The quantitative estimate of drug-likeness (QED) is 0.510. The van der Waals surface area contributed by atoms with E-state index in [0.29, 0.717) is 28.3 Å². The summed E-state index contributed by atoms with van der Waals surface area (Å²) in [4.78, 5) is 16.5. The molecule has 0 aliphatic heterocycles. The first kappa shape index (κ1) is 15.3. The molecule has 4 nitrogen and oxygen atoms in total. The number of nitrogens with zero attached hydrogens (tertiary/aromatic N) is 1. The lowest BCUT2D eigenvalue weighted by Gasteiger charge is -2.18. The van der Waals surface area contributed by atoms with Crippen LogP contribution in [0.15, 0.2) is 46.9 Å². The van der Waals surface area contributed by atoms with Gasteiger partial charge in [-0.1, -0.05) is 32.9 Å². The Morgan fingerprint density at radius 1 is 1.09 bits per heavy atom. The van der Waals surface area contributed by atoms with Crippen LogP contribution < -0.4 is 4.74 Å². The summed E-state index contributed by atoms with van der Waals surface area (Å²) >= 11 is 0. The molecular weight excluding hydrogens is 290 g/mol. The zero-order valence-electron chi connectivity index (χ0n) is 13.7. The first-order chi connectivity index (χ1) is 10.8. The summed E-state index contributed by atoms with van der Waals surface area (Å²) in [6.45, 7) is 8.18. The first-order valence-corrected chi connectivity index (χ1v) is 7.53. The molecule has 1 heterocycles. The summed E-state index contributed by atoms with van der Waals surface area (Å²) in [5.74, 6) is 0.655. The molecule has 118 valence electrons. The Morgan fingerprint density at radius 3 is 2.43 bits per heavy atom. The highest BCUT2D eigenvalue weighted by molar-refractivity contribution is 5.91. The molecule has 0 aliphatic rings. The van der Waals surface area contributed by atoms with E-state index in [1.54, 1.807) is 37.3 Å². The number of fused-ring (bicyclic) bond motifs is 1. The number of carbonyl (C=O) groups excluding carboxylic acids is 1. The van der Waals surface area contributed by atoms with Gasteiger partial charge in [0.1, 0.15) is 11.3 Å². The SMILES string of the molecule is Cc1nc2cc(OC(=O)c3ccc(C(C)(C)C)cc3)ccc2o1. The molecule has 0 atom stereocenters. The van der Waals surface area contributed by atoms with Crippen molar-refractivity contribution in [1.29, 1.82) is 0 Å². The molecule has 0 saturated carbocycles. The van der Waals surface area contributed by atoms with E-state index in [4.69, 9.17) is 9.15 Å². The second-order valence-electron chi connectivity index (χ2n) is 6.58. The molecule has 4 heteroatoms. The van der Waals surface area contributed by atoms with Crippen molar-refractivity contribution in [3.63, 3.8) is 0 Å². The van der Waals surface area contributed by atoms with Crippen molar-refractivity contribution in [2.45, 2.75) is 33.1 Å². The summed E-state index contributed by atoms with van der Waals surface area (Å²) in [6, 6.07) is 12.7. The normalized spacial score (nSPS) is 11.7. The second kappa shape index (κ2) is 5.54. The molecule has 2 aromatic carbocycles. The summed E-state index contributed by atoms with van der Waals surface area (Å²) in [5.41, 5.74) is 3.11. The van der Waals surface area contributed by atoms with E-state index < -0.39 is 0 Å². The zero-order valence-corrected chi connectivity index (χ0v) is 13.7. The number of carbonyl (C=O) groups is 1. The average molecular weight is 309 g/mol. The molecule has 0 saturated heterocycles. The molecule has 0 fully saturated rings. The van der Waals surface area contributed by atoms with E-state index in [9.17, 15) is 4.79 Å². The van der Waals surface area contributed by atoms with Crippen molar-refractivity contribution in [3.8, 4) is 5.75 Å². The van der Waals surface area contributed by atoms with Crippen molar-refractivity contribution in [2.24, 2.45) is 0 Å². The fourth-order valence-corrected chi connectivity index (χ4v) is 2.36. The molecule has 0 radical (unpaired) electrons. The highest BCUT2D eigenvalue weighted by Gasteiger charge is 2.15. The summed E-state index contributed by atoms with van der Waals surface area (Å²) in [5, 5.41) is 0. The Morgan fingerprint density at radius 2 is 1.78 bits per heavy atom. The van der Waals surface area contributed by atoms with Crippen molar-refractivity contribution < 1.29 is 13.9 Å². The fraction of sp³-hybridized carbons (Fsp3) is 0.263. The van der Waals surface area contributed by atoms with Crippen LogP contribution in [0.1, 0.15) is 42.6 Å². The van der Waals surface area contributed by atoms with Gasteiger partial charge in [-0.3, -0.25) is 0 Å². The molecule has 0 N–H and O–H groups in total. The van der Waals surface area contributed by atoms with Crippen molar-refractivity contribution >= 4 is 17.1 Å². The maximum atomic E-state index is 12.3. The van der Waals surface area contributed by atoms with E-state index >= 15 is 0 Å². The molecule has 1 aromatic heterocycles. The third-order valence-corrected chi connectivity index (χ3v) is 3.66. The van der Waals surface area contributed by atoms with E-state index in [-0.39, 0.29) is 11.4 Å². The van der Waals surface area contributed by atoms with Gasteiger partial charge in [0, 0.05) is 13.0 Å². The second-order valence-corrected chi connectivity index (χ2v) is 6.58. The van der Waals surface area contributed by atoms with Gasteiger partial charge in [-0.2, -0.15) is 0 Å². The number of hydrogen-bond donors (Lipinski definition) is 0. The highest BCUT2D eigenvalue weighted by Crippen LogP contribution is 2.24. The van der Waals surface area contributed by atoms with Gasteiger partial charge in [0.15, 0.2) is 11.5 Å². The summed E-state index contributed by atoms with van der Waals surface area (Å²) in [6.07, 6.45) is 0. The van der Waals surface area contributed by atoms with E-state index in [1.165, 1.54) is 5.56 Å². The number of aromatic nitrogens is 1. The lowest BCUT2D eigenvalue weighted by atomic mass is 9.87. The van der Waals surface area contributed by atoms with Gasteiger partial charge in [-0.25, -0.2) is 9.78 Å². The van der Waals surface area contributed by atoms with Crippen LogP contribution in [-0.4, -0.2) is 11.0 Å². The topological polar surface area (TPSA) is 52.3 Å². The number of oxazole rings is 1. The lowest BCUT2D eigenvalue weighted by molar-refractivity contribution is 0.0735. The minimum atomic E-state index is -0.384. The number of rotatable bonds is 2. The Bertz CT molecular complexity index is 854. The highest BCUT2D eigenvalue weighted by atomic mass is 16.5. The smallest absolute Gasteiger partial charge is 0.343 e. The monoisotopic (exact) mass is 309 g/mol. The number of aryl methyl sites for hydroxylation is 1. The average Bonchev–Trinajstić information content (AvgIpc) is 2.86. The van der Waals surface area contributed by atoms with E-state index in [2.05, 4.69) is 25.8 Å². The summed E-state index contributed by atoms with van der Waals surface area (Å²) < 4.78 is 10.8. The standard InChI is InChI=1S/C19H19NO3/c1-12-20-16-11-15(9-10-17(16)22-12)23-18(21)13-5-7-14(8-6-13)19(2,3)4/h5-11H,1-4H3. The van der Waals surface area contributed by atoms with Gasteiger partial charge in [0.05, 0.1) is 5.56 Å². The maximum absolute atomic E-state index is 12.3. The molecule has 0 unspecified atom stereocenters. The van der Waals surface area contributed by atoms with E-state index in [0.717, 1.165) is 0 Å². The van der Waals surface area contributed by atoms with Gasteiger partial charge in [-0.15, -0.1) is 0 Å². The predicted molar refractivity (Wildman–Crippen MR) is 88.8 cm³/mol. The van der Waals surface area contributed by atoms with Crippen LogP contribution in [0.4, 0.5) is 0 Å². The van der Waals surface area contributed by atoms with Crippen LogP contribution in [-0.2, 0) is 5.41 Å². The fourth-order valence-electron chi connectivity index (χ4n) is 2.36. The first-order valence-electron chi connectivity index (χ1n) is 7.53. The molecule has 0 aliphatic carbocycles. The van der Waals surface area contributed by atoms with Gasteiger partial charge in [-0.05, 0) is 35.2 Å². The molecule has 3 rings (SSSR count). The van der Waals surface area contributed by atoms with Crippen LogP contribution in [0.5, 0.6) is 5.75 Å². The van der Waals surface area contributed by atoms with Crippen LogP contribution >= 0.6 is 0 Å². The maximum Gasteiger partial charge on any atom is 0.343 e. The Kier molecular flexibility index (Phi) is 3.68.